The molecule has 0 bridgehead atoms. The lowest BCUT2D eigenvalue weighted by Crippen LogP contribution is -2.13. The zero-order valence-electron chi connectivity index (χ0n) is 18.5. The van der Waals surface area contributed by atoms with Crippen molar-refractivity contribution in [2.24, 2.45) is 0 Å². The number of hydrogen-bond donors (Lipinski definition) is 1. The first-order valence-electron chi connectivity index (χ1n) is 10.5. The first kappa shape index (κ1) is 22.0. The van der Waals surface area contributed by atoms with Crippen molar-refractivity contribution in [1.29, 1.82) is 0 Å². The lowest BCUT2D eigenvalue weighted by Gasteiger charge is -2.12. The highest BCUT2D eigenvalue weighted by atomic mass is 16.6. The number of nitro benzene ring substituents is 1. The Morgan fingerprint density at radius 2 is 1.76 bits per heavy atom. The van der Waals surface area contributed by atoms with Gasteiger partial charge < -0.3 is 10.1 Å². The van der Waals surface area contributed by atoms with Crippen LogP contribution in [0.2, 0.25) is 0 Å². The average Bonchev–Trinajstić information content (AvgIpc) is 2.79. The van der Waals surface area contributed by atoms with Crippen LogP contribution >= 0.6 is 0 Å². The number of aryl methyl sites for hydroxylation is 1. The van der Waals surface area contributed by atoms with Gasteiger partial charge in [0.1, 0.15) is 5.75 Å². The quantitative estimate of drug-likeness (QED) is 0.286. The van der Waals surface area contributed by atoms with E-state index in [1.165, 1.54) is 6.07 Å². The highest BCUT2D eigenvalue weighted by Gasteiger charge is 2.17. The van der Waals surface area contributed by atoms with Crippen molar-refractivity contribution in [3.63, 3.8) is 0 Å². The number of nitro groups is 1. The number of nitrogens with one attached hydrogen (secondary N) is 1. The largest absolute Gasteiger partial charge is 0.491 e. The highest BCUT2D eigenvalue weighted by molar-refractivity contribution is 6.13. The number of pyridine rings is 1. The summed E-state index contributed by atoms with van der Waals surface area (Å²) >= 11 is 0. The van der Waals surface area contributed by atoms with Crippen molar-refractivity contribution in [2.75, 3.05) is 5.32 Å². The average molecular weight is 441 g/mol. The summed E-state index contributed by atoms with van der Waals surface area (Å²) in [5.74, 6) is 0.390. The Balaban J connectivity index is 1.72. The van der Waals surface area contributed by atoms with E-state index in [9.17, 15) is 14.9 Å². The second-order valence-electron chi connectivity index (χ2n) is 7.98. The number of para-hydroxylation sites is 1. The first-order valence-corrected chi connectivity index (χ1v) is 10.5. The van der Waals surface area contributed by atoms with E-state index in [1.807, 2.05) is 62.4 Å². The van der Waals surface area contributed by atoms with Crippen LogP contribution in [-0.4, -0.2) is 21.9 Å². The first-order chi connectivity index (χ1) is 15.8. The van der Waals surface area contributed by atoms with Gasteiger partial charge in [-0.05, 0) is 63.2 Å². The van der Waals surface area contributed by atoms with Gasteiger partial charge in [0.05, 0.1) is 27.8 Å². The van der Waals surface area contributed by atoms with Gasteiger partial charge in [0.15, 0.2) is 0 Å². The third kappa shape index (κ3) is 4.82. The topological polar surface area (TPSA) is 94.4 Å². The van der Waals surface area contributed by atoms with E-state index in [1.54, 1.807) is 25.1 Å². The summed E-state index contributed by atoms with van der Waals surface area (Å²) in [6.45, 7) is 5.59. The van der Waals surface area contributed by atoms with E-state index >= 15 is 0 Å². The molecule has 0 fully saturated rings. The summed E-state index contributed by atoms with van der Waals surface area (Å²) in [5.41, 5.74) is 3.44. The number of anilines is 1. The van der Waals surface area contributed by atoms with Gasteiger partial charge in [-0.15, -0.1) is 0 Å². The van der Waals surface area contributed by atoms with Crippen molar-refractivity contribution >= 4 is 28.2 Å². The fraction of sp³-hybridized carbons (Fsp3) is 0.154. The molecule has 0 aliphatic carbocycles. The standard InChI is InChI=1S/C26H23N3O4/c1-16(2)33-20-12-9-18(10-13-20)24-15-22(21-6-4-5-7-23(21)28-24)26(30)27-19-11-8-17(3)25(14-19)29(31)32/h4-16H,1-3H3,(H,27,30). The third-order valence-corrected chi connectivity index (χ3v) is 5.15. The maximum absolute atomic E-state index is 13.2. The fourth-order valence-electron chi connectivity index (χ4n) is 3.57. The summed E-state index contributed by atoms with van der Waals surface area (Å²) in [6.07, 6.45) is 0.0718. The van der Waals surface area contributed by atoms with Gasteiger partial charge in [-0.3, -0.25) is 14.9 Å². The number of fused-ring (bicyclic) bond motifs is 1. The minimum Gasteiger partial charge on any atom is -0.491 e. The van der Waals surface area contributed by atoms with Crippen molar-refractivity contribution in [3.05, 3.63) is 94.0 Å². The van der Waals surface area contributed by atoms with Gasteiger partial charge in [-0.1, -0.05) is 24.3 Å². The smallest absolute Gasteiger partial charge is 0.274 e. The summed E-state index contributed by atoms with van der Waals surface area (Å²) in [7, 11) is 0. The SMILES string of the molecule is Cc1ccc(NC(=O)c2cc(-c3ccc(OC(C)C)cc3)nc3ccccc23)cc1[N+](=O)[O-]. The zero-order chi connectivity index (χ0) is 23.5. The van der Waals surface area contributed by atoms with Gasteiger partial charge in [-0.2, -0.15) is 0 Å². The Bertz CT molecular complexity index is 1350. The monoisotopic (exact) mass is 441 g/mol. The number of amides is 1. The molecule has 7 nitrogen and oxygen atoms in total. The highest BCUT2D eigenvalue weighted by Crippen LogP contribution is 2.28. The van der Waals surface area contributed by atoms with Crippen LogP contribution in [0, 0.1) is 17.0 Å². The minimum absolute atomic E-state index is 0.0446. The van der Waals surface area contributed by atoms with Crippen LogP contribution in [0.1, 0.15) is 29.8 Å². The van der Waals surface area contributed by atoms with Gasteiger partial charge in [0.2, 0.25) is 0 Å². The molecule has 0 atom stereocenters. The molecular formula is C26H23N3O4. The van der Waals surface area contributed by atoms with E-state index in [0.29, 0.717) is 33.4 Å². The molecule has 4 rings (SSSR count). The molecule has 1 aromatic heterocycles. The van der Waals surface area contributed by atoms with Crippen LogP contribution in [0.5, 0.6) is 5.75 Å². The lowest BCUT2D eigenvalue weighted by atomic mass is 10.0. The fourth-order valence-corrected chi connectivity index (χ4v) is 3.57. The molecule has 166 valence electrons. The van der Waals surface area contributed by atoms with Crippen molar-refractivity contribution in [2.45, 2.75) is 26.9 Å². The van der Waals surface area contributed by atoms with Crippen molar-refractivity contribution in [3.8, 4) is 17.0 Å². The van der Waals surface area contributed by atoms with Crippen LogP contribution in [0.25, 0.3) is 22.2 Å². The normalized spacial score (nSPS) is 10.9. The molecule has 0 unspecified atom stereocenters. The van der Waals surface area contributed by atoms with Crippen LogP contribution in [-0.2, 0) is 0 Å². The molecule has 4 aromatic rings. The molecule has 0 aliphatic rings. The van der Waals surface area contributed by atoms with Crippen LogP contribution < -0.4 is 10.1 Å². The van der Waals surface area contributed by atoms with E-state index in [2.05, 4.69) is 5.32 Å². The number of ether oxygens (including phenoxy) is 1. The second-order valence-corrected chi connectivity index (χ2v) is 7.98. The molecule has 7 heteroatoms. The molecule has 0 spiro atoms. The van der Waals surface area contributed by atoms with Crippen molar-refractivity contribution in [1.82, 2.24) is 4.98 Å². The van der Waals surface area contributed by atoms with Gasteiger partial charge in [0.25, 0.3) is 11.6 Å². The summed E-state index contributed by atoms with van der Waals surface area (Å²) in [5, 5.41) is 14.8. The number of benzene rings is 3. The maximum atomic E-state index is 13.2. The number of carbonyl (C=O) groups excluding carboxylic acids is 1. The van der Waals surface area contributed by atoms with Gasteiger partial charge in [-0.25, -0.2) is 4.98 Å². The van der Waals surface area contributed by atoms with E-state index < -0.39 is 4.92 Å². The predicted octanol–water partition coefficient (Wildman–Crippen LogP) is 6.16. The zero-order valence-corrected chi connectivity index (χ0v) is 18.5. The van der Waals surface area contributed by atoms with Crippen molar-refractivity contribution < 1.29 is 14.5 Å². The molecule has 0 saturated heterocycles. The molecule has 1 heterocycles. The Morgan fingerprint density at radius 1 is 1.03 bits per heavy atom. The molecule has 0 radical (unpaired) electrons. The second kappa shape index (κ2) is 9.08. The third-order valence-electron chi connectivity index (χ3n) is 5.15. The number of hydrogen-bond acceptors (Lipinski definition) is 5. The molecule has 3 aromatic carbocycles. The number of aromatic nitrogens is 1. The predicted molar refractivity (Wildman–Crippen MR) is 129 cm³/mol. The molecule has 33 heavy (non-hydrogen) atoms. The van der Waals surface area contributed by atoms with Gasteiger partial charge in [0, 0.05) is 28.3 Å². The Morgan fingerprint density at radius 3 is 2.45 bits per heavy atom. The Hall–Kier alpha value is -4.26. The summed E-state index contributed by atoms with van der Waals surface area (Å²) in [6, 6.07) is 21.3. The molecular weight excluding hydrogens is 418 g/mol. The number of rotatable bonds is 6. The number of nitrogens with zero attached hydrogens (tertiary/aromatic N) is 2. The van der Waals surface area contributed by atoms with Gasteiger partial charge >= 0.3 is 0 Å². The summed E-state index contributed by atoms with van der Waals surface area (Å²) < 4.78 is 5.71. The van der Waals surface area contributed by atoms with E-state index in [-0.39, 0.29) is 17.7 Å². The van der Waals surface area contributed by atoms with E-state index in [4.69, 9.17) is 9.72 Å². The maximum Gasteiger partial charge on any atom is 0.274 e. The van der Waals surface area contributed by atoms with Crippen LogP contribution in [0.3, 0.4) is 0 Å². The van der Waals surface area contributed by atoms with Crippen LogP contribution in [0.4, 0.5) is 11.4 Å². The van der Waals surface area contributed by atoms with Crippen LogP contribution in [0.15, 0.2) is 72.8 Å². The molecule has 0 saturated carbocycles. The Labute approximate surface area is 191 Å². The molecule has 0 aliphatic heterocycles. The number of carbonyl (C=O) groups is 1. The molecule has 1 N–H and O–H groups in total. The molecule has 1 amide bonds. The summed E-state index contributed by atoms with van der Waals surface area (Å²) in [4.78, 5) is 28.8. The van der Waals surface area contributed by atoms with E-state index in [0.717, 1.165) is 11.3 Å². The lowest BCUT2D eigenvalue weighted by molar-refractivity contribution is -0.385. The minimum atomic E-state index is -0.461. The Kier molecular flexibility index (Phi) is 6.04.